The number of amides is 1. The second-order valence-electron chi connectivity index (χ2n) is 7.64. The van der Waals surface area contributed by atoms with Gasteiger partial charge in [0.05, 0.1) is 5.69 Å². The third-order valence-corrected chi connectivity index (χ3v) is 5.66. The normalized spacial score (nSPS) is 21.8. The van der Waals surface area contributed by atoms with Gasteiger partial charge in [0, 0.05) is 31.7 Å². The van der Waals surface area contributed by atoms with Crippen LogP contribution in [0.4, 0.5) is 0 Å². The Hall–Kier alpha value is -2.25. The van der Waals surface area contributed by atoms with Gasteiger partial charge >= 0.3 is 0 Å². The first kappa shape index (κ1) is 17.2. The van der Waals surface area contributed by atoms with E-state index in [1.807, 2.05) is 9.58 Å². The second-order valence-corrected chi connectivity index (χ2v) is 7.64. The molecule has 8 nitrogen and oxygen atoms in total. The summed E-state index contributed by atoms with van der Waals surface area (Å²) in [5, 5.41) is 12.8. The van der Waals surface area contributed by atoms with Crippen molar-refractivity contribution in [2.24, 2.45) is 5.92 Å². The van der Waals surface area contributed by atoms with Crippen LogP contribution in [0.3, 0.4) is 0 Å². The molecule has 0 aromatic carbocycles. The van der Waals surface area contributed by atoms with Crippen LogP contribution in [0.25, 0.3) is 0 Å². The van der Waals surface area contributed by atoms with Crippen LogP contribution in [0.1, 0.15) is 56.6 Å². The van der Waals surface area contributed by atoms with Crippen LogP contribution in [-0.2, 0) is 17.9 Å². The maximum absolute atomic E-state index is 12.5. The van der Waals surface area contributed by atoms with E-state index in [0.29, 0.717) is 11.8 Å². The first-order valence-corrected chi connectivity index (χ1v) is 9.78. The van der Waals surface area contributed by atoms with Crippen LogP contribution in [0.5, 0.6) is 0 Å². The molecule has 1 atom stereocenters. The van der Waals surface area contributed by atoms with E-state index in [-0.39, 0.29) is 12.5 Å². The van der Waals surface area contributed by atoms with Crippen LogP contribution in [0.2, 0.25) is 0 Å². The molecule has 140 valence electrons. The number of carbonyl (C=O) groups excluding carboxylic acids is 1. The van der Waals surface area contributed by atoms with Gasteiger partial charge in [-0.25, -0.2) is 9.67 Å². The molecule has 0 radical (unpaired) electrons. The Morgan fingerprint density at radius 1 is 1.12 bits per heavy atom. The van der Waals surface area contributed by atoms with Gasteiger partial charge in [0.15, 0.2) is 0 Å². The van der Waals surface area contributed by atoms with Gasteiger partial charge in [0.2, 0.25) is 5.91 Å². The van der Waals surface area contributed by atoms with Crippen molar-refractivity contribution in [1.29, 1.82) is 0 Å². The quantitative estimate of drug-likeness (QED) is 0.816. The predicted octanol–water partition coefficient (Wildman–Crippen LogP) is 1.86. The van der Waals surface area contributed by atoms with Crippen molar-refractivity contribution in [3.05, 3.63) is 24.5 Å². The molecular weight excluding hydrogens is 330 g/mol. The Morgan fingerprint density at radius 3 is 2.81 bits per heavy atom. The molecule has 3 heterocycles. The third kappa shape index (κ3) is 4.11. The van der Waals surface area contributed by atoms with Crippen LogP contribution in [-0.4, -0.2) is 53.7 Å². The van der Waals surface area contributed by atoms with Gasteiger partial charge in [0.1, 0.15) is 19.2 Å². The monoisotopic (exact) mass is 357 g/mol. The first-order valence-electron chi connectivity index (χ1n) is 9.78. The molecule has 8 heteroatoms. The number of likely N-dealkylation sites (tertiary alicyclic amines) is 1. The maximum atomic E-state index is 12.5. The van der Waals surface area contributed by atoms with E-state index < -0.39 is 0 Å². The maximum Gasteiger partial charge on any atom is 0.244 e. The number of hydrogen-bond donors (Lipinski definition) is 0. The summed E-state index contributed by atoms with van der Waals surface area (Å²) in [7, 11) is 0. The summed E-state index contributed by atoms with van der Waals surface area (Å²) in [5.74, 6) is 1.13. The van der Waals surface area contributed by atoms with E-state index in [0.717, 1.165) is 38.2 Å². The summed E-state index contributed by atoms with van der Waals surface area (Å²) in [5.41, 5.74) is 1.15. The summed E-state index contributed by atoms with van der Waals surface area (Å²) in [6, 6.07) is 0. The van der Waals surface area contributed by atoms with Crippen molar-refractivity contribution in [3.63, 3.8) is 0 Å². The molecule has 1 saturated carbocycles. The minimum atomic E-state index is 0.113. The highest BCUT2D eigenvalue weighted by Gasteiger charge is 2.25. The van der Waals surface area contributed by atoms with Gasteiger partial charge in [-0.1, -0.05) is 24.5 Å². The number of carbonyl (C=O) groups is 1. The van der Waals surface area contributed by atoms with E-state index in [1.165, 1.54) is 38.4 Å². The molecule has 1 aliphatic carbocycles. The average molecular weight is 357 g/mol. The Bertz CT molecular complexity index is 705. The fourth-order valence-corrected chi connectivity index (χ4v) is 4.25. The lowest BCUT2D eigenvalue weighted by Gasteiger charge is -2.32. The van der Waals surface area contributed by atoms with Crippen molar-refractivity contribution in [1.82, 2.24) is 34.7 Å². The molecule has 1 unspecified atom stereocenters. The molecule has 0 bridgehead atoms. The zero-order chi connectivity index (χ0) is 17.8. The minimum Gasteiger partial charge on any atom is -0.341 e. The average Bonchev–Trinajstić information content (AvgIpc) is 3.35. The zero-order valence-electron chi connectivity index (χ0n) is 15.2. The fraction of sp³-hybridized carbons (Fsp3) is 0.722. The van der Waals surface area contributed by atoms with Crippen molar-refractivity contribution in [2.75, 3.05) is 13.1 Å². The molecule has 2 aromatic rings. The molecular formula is C18H27N7O. The number of rotatable bonds is 5. The van der Waals surface area contributed by atoms with Gasteiger partial charge in [-0.05, 0) is 31.6 Å². The van der Waals surface area contributed by atoms with E-state index in [9.17, 15) is 4.79 Å². The Morgan fingerprint density at radius 2 is 2.00 bits per heavy atom. The third-order valence-electron chi connectivity index (χ3n) is 5.66. The standard InChI is InChI=1S/C18H27N7O/c26-18(12-25-14-19-13-20-25)23-8-4-5-15(9-23)10-24-11-17(21-22-24)16-6-2-1-3-7-16/h11,13-16H,1-10,12H2. The lowest BCUT2D eigenvalue weighted by molar-refractivity contribution is -0.134. The largest absolute Gasteiger partial charge is 0.341 e. The molecule has 4 rings (SSSR count). The SMILES string of the molecule is O=C(Cn1cncn1)N1CCCC(Cn2cc(C3CCCCC3)nn2)C1. The second kappa shape index (κ2) is 7.97. The molecule has 1 aliphatic heterocycles. The molecule has 2 aromatic heterocycles. The van der Waals surface area contributed by atoms with E-state index in [1.54, 1.807) is 11.0 Å². The summed E-state index contributed by atoms with van der Waals surface area (Å²) in [4.78, 5) is 18.3. The summed E-state index contributed by atoms with van der Waals surface area (Å²) in [6.45, 7) is 2.72. The molecule has 26 heavy (non-hydrogen) atoms. The van der Waals surface area contributed by atoms with Crippen molar-refractivity contribution < 1.29 is 4.79 Å². The Labute approximate surface area is 153 Å². The van der Waals surface area contributed by atoms with E-state index in [4.69, 9.17) is 0 Å². The van der Waals surface area contributed by atoms with Gasteiger partial charge < -0.3 is 4.90 Å². The fourth-order valence-electron chi connectivity index (χ4n) is 4.25. The summed E-state index contributed by atoms with van der Waals surface area (Å²) >= 11 is 0. The highest BCUT2D eigenvalue weighted by atomic mass is 16.2. The molecule has 2 fully saturated rings. The number of piperidine rings is 1. The number of hydrogen-bond acceptors (Lipinski definition) is 5. The minimum absolute atomic E-state index is 0.113. The van der Waals surface area contributed by atoms with Gasteiger partial charge in [-0.15, -0.1) is 5.10 Å². The summed E-state index contributed by atoms with van der Waals surface area (Å²) in [6.07, 6.45) is 13.8. The van der Waals surface area contributed by atoms with Crippen molar-refractivity contribution >= 4 is 5.91 Å². The predicted molar refractivity (Wildman–Crippen MR) is 95.2 cm³/mol. The van der Waals surface area contributed by atoms with Crippen molar-refractivity contribution in [2.45, 2.75) is 64.0 Å². The van der Waals surface area contributed by atoms with E-state index >= 15 is 0 Å². The highest BCUT2D eigenvalue weighted by Crippen LogP contribution is 2.31. The molecule has 0 spiro atoms. The van der Waals surface area contributed by atoms with Gasteiger partial charge in [0.25, 0.3) is 0 Å². The molecule has 1 saturated heterocycles. The Kier molecular flexibility index (Phi) is 5.26. The highest BCUT2D eigenvalue weighted by molar-refractivity contribution is 5.75. The molecule has 1 amide bonds. The number of aromatic nitrogens is 6. The van der Waals surface area contributed by atoms with Crippen LogP contribution in [0.15, 0.2) is 18.9 Å². The van der Waals surface area contributed by atoms with E-state index in [2.05, 4.69) is 26.6 Å². The lowest BCUT2D eigenvalue weighted by Crippen LogP contribution is -2.42. The van der Waals surface area contributed by atoms with Gasteiger partial charge in [-0.2, -0.15) is 5.10 Å². The molecule has 0 N–H and O–H groups in total. The van der Waals surface area contributed by atoms with Crippen molar-refractivity contribution in [3.8, 4) is 0 Å². The van der Waals surface area contributed by atoms with Crippen LogP contribution < -0.4 is 0 Å². The van der Waals surface area contributed by atoms with Gasteiger partial charge in [-0.3, -0.25) is 9.48 Å². The zero-order valence-corrected chi connectivity index (χ0v) is 15.2. The first-order chi connectivity index (χ1) is 12.8. The van der Waals surface area contributed by atoms with Crippen LogP contribution in [0, 0.1) is 5.92 Å². The van der Waals surface area contributed by atoms with Crippen LogP contribution >= 0.6 is 0 Å². The lowest BCUT2D eigenvalue weighted by atomic mass is 9.87. The molecule has 2 aliphatic rings. The topological polar surface area (TPSA) is 81.7 Å². The smallest absolute Gasteiger partial charge is 0.244 e. The Balaban J connectivity index is 1.32. The summed E-state index contributed by atoms with van der Waals surface area (Å²) < 4.78 is 3.57. The number of nitrogens with zero attached hydrogens (tertiary/aromatic N) is 7.